The highest BCUT2D eigenvalue weighted by atomic mass is 16.1. The number of nitrogens with one attached hydrogen (secondary N) is 1. The standard InChI is InChI=1S/C13H13NO2/c1-2-12(15)10-6-7-11-9(8-10)4-3-5-13(16)14-11/h2,6-8H,1,3-5H2,(H,14,16). The predicted molar refractivity (Wildman–Crippen MR) is 62.5 cm³/mol. The van der Waals surface area contributed by atoms with Gasteiger partial charge in [-0.05, 0) is 42.7 Å². The van der Waals surface area contributed by atoms with Crippen molar-refractivity contribution in [3.8, 4) is 0 Å². The van der Waals surface area contributed by atoms with Crippen LogP contribution < -0.4 is 5.32 Å². The highest BCUT2D eigenvalue weighted by Gasteiger charge is 2.13. The summed E-state index contributed by atoms with van der Waals surface area (Å²) in [5, 5.41) is 2.83. The molecule has 0 unspecified atom stereocenters. The number of rotatable bonds is 2. The van der Waals surface area contributed by atoms with E-state index in [0.717, 1.165) is 24.1 Å². The van der Waals surface area contributed by atoms with Gasteiger partial charge in [-0.25, -0.2) is 0 Å². The average molecular weight is 215 g/mol. The van der Waals surface area contributed by atoms with Crippen molar-refractivity contribution in [2.75, 3.05) is 5.32 Å². The van der Waals surface area contributed by atoms with Crippen LogP contribution in [0.15, 0.2) is 30.9 Å². The first-order chi connectivity index (χ1) is 7.70. The number of ketones is 1. The largest absolute Gasteiger partial charge is 0.326 e. The third kappa shape index (κ3) is 2.03. The molecule has 1 aromatic carbocycles. The maximum absolute atomic E-state index is 11.4. The van der Waals surface area contributed by atoms with E-state index in [1.54, 1.807) is 12.1 Å². The van der Waals surface area contributed by atoms with Crippen LogP contribution in [0.5, 0.6) is 0 Å². The molecule has 0 aliphatic carbocycles. The normalized spacial score (nSPS) is 14.6. The molecule has 3 heteroatoms. The minimum Gasteiger partial charge on any atom is -0.326 e. The van der Waals surface area contributed by atoms with Gasteiger partial charge in [-0.1, -0.05) is 6.58 Å². The molecule has 0 fully saturated rings. The minimum absolute atomic E-state index is 0.0431. The molecule has 1 amide bonds. The number of allylic oxidation sites excluding steroid dienone is 1. The maximum atomic E-state index is 11.4. The van der Waals surface area contributed by atoms with Gasteiger partial charge in [0, 0.05) is 17.7 Å². The van der Waals surface area contributed by atoms with E-state index in [4.69, 9.17) is 0 Å². The van der Waals surface area contributed by atoms with Crippen LogP contribution in [0, 0.1) is 0 Å². The lowest BCUT2D eigenvalue weighted by Gasteiger charge is -2.07. The Labute approximate surface area is 94.2 Å². The Hall–Kier alpha value is -1.90. The number of anilines is 1. The Balaban J connectivity index is 2.38. The summed E-state index contributed by atoms with van der Waals surface area (Å²) in [6.07, 6.45) is 3.49. The van der Waals surface area contributed by atoms with Crippen molar-refractivity contribution in [2.24, 2.45) is 0 Å². The number of amides is 1. The molecule has 1 aromatic rings. The maximum Gasteiger partial charge on any atom is 0.224 e. The molecule has 0 saturated heterocycles. The minimum atomic E-state index is -0.0848. The van der Waals surface area contributed by atoms with Crippen molar-refractivity contribution in [1.82, 2.24) is 0 Å². The zero-order valence-corrected chi connectivity index (χ0v) is 8.95. The third-order valence-corrected chi connectivity index (χ3v) is 2.70. The molecular weight excluding hydrogens is 202 g/mol. The van der Waals surface area contributed by atoms with Crippen LogP contribution in [-0.4, -0.2) is 11.7 Å². The van der Waals surface area contributed by atoms with Gasteiger partial charge in [0.25, 0.3) is 0 Å². The summed E-state index contributed by atoms with van der Waals surface area (Å²) in [7, 11) is 0. The highest BCUT2D eigenvalue weighted by molar-refractivity contribution is 6.05. The molecule has 0 aromatic heterocycles. The molecule has 1 heterocycles. The first kappa shape index (κ1) is 10.6. The quantitative estimate of drug-likeness (QED) is 0.608. The van der Waals surface area contributed by atoms with Crippen molar-refractivity contribution in [2.45, 2.75) is 19.3 Å². The van der Waals surface area contributed by atoms with Gasteiger partial charge in [0.2, 0.25) is 5.91 Å². The van der Waals surface area contributed by atoms with Gasteiger partial charge in [0.05, 0.1) is 0 Å². The molecule has 3 nitrogen and oxygen atoms in total. The Kier molecular flexibility index (Phi) is 2.86. The van der Waals surface area contributed by atoms with Crippen LogP contribution in [0.25, 0.3) is 0 Å². The fourth-order valence-electron chi connectivity index (χ4n) is 1.85. The summed E-state index contributed by atoms with van der Waals surface area (Å²) in [6, 6.07) is 5.34. The Morgan fingerprint density at radius 2 is 2.19 bits per heavy atom. The number of hydrogen-bond acceptors (Lipinski definition) is 2. The fourth-order valence-corrected chi connectivity index (χ4v) is 1.85. The topological polar surface area (TPSA) is 46.2 Å². The van der Waals surface area contributed by atoms with E-state index in [0.29, 0.717) is 12.0 Å². The zero-order chi connectivity index (χ0) is 11.5. The lowest BCUT2D eigenvalue weighted by Crippen LogP contribution is -2.09. The van der Waals surface area contributed by atoms with E-state index >= 15 is 0 Å². The van der Waals surface area contributed by atoms with E-state index in [9.17, 15) is 9.59 Å². The fraction of sp³-hybridized carbons (Fsp3) is 0.231. The van der Waals surface area contributed by atoms with E-state index in [-0.39, 0.29) is 11.7 Å². The molecule has 1 aliphatic heterocycles. The van der Waals surface area contributed by atoms with Crippen LogP contribution in [0.3, 0.4) is 0 Å². The predicted octanol–water partition coefficient (Wildman–Crippen LogP) is 2.33. The second-order valence-electron chi connectivity index (χ2n) is 3.84. The van der Waals surface area contributed by atoms with Gasteiger partial charge < -0.3 is 5.32 Å². The molecular formula is C13H13NO2. The second-order valence-corrected chi connectivity index (χ2v) is 3.84. The number of fused-ring (bicyclic) bond motifs is 1. The molecule has 1 N–H and O–H groups in total. The number of carbonyl (C=O) groups is 2. The van der Waals surface area contributed by atoms with Crippen molar-refractivity contribution >= 4 is 17.4 Å². The second kappa shape index (κ2) is 4.31. The van der Waals surface area contributed by atoms with Gasteiger partial charge in [0.15, 0.2) is 5.78 Å². The van der Waals surface area contributed by atoms with Crippen LogP contribution >= 0.6 is 0 Å². The van der Waals surface area contributed by atoms with Crippen LogP contribution in [0.4, 0.5) is 5.69 Å². The Morgan fingerprint density at radius 1 is 1.38 bits per heavy atom. The van der Waals surface area contributed by atoms with Crippen LogP contribution in [0.2, 0.25) is 0 Å². The van der Waals surface area contributed by atoms with Crippen LogP contribution in [-0.2, 0) is 11.2 Å². The summed E-state index contributed by atoms with van der Waals surface area (Å²) < 4.78 is 0. The number of aryl methyl sites for hydroxylation is 1. The summed E-state index contributed by atoms with van der Waals surface area (Å²) >= 11 is 0. The van der Waals surface area contributed by atoms with E-state index in [1.807, 2.05) is 6.07 Å². The lowest BCUT2D eigenvalue weighted by atomic mass is 10.0. The van der Waals surface area contributed by atoms with Gasteiger partial charge in [-0.2, -0.15) is 0 Å². The van der Waals surface area contributed by atoms with E-state index in [2.05, 4.69) is 11.9 Å². The van der Waals surface area contributed by atoms with Crippen LogP contribution in [0.1, 0.15) is 28.8 Å². The zero-order valence-electron chi connectivity index (χ0n) is 8.95. The summed E-state index contributed by atoms with van der Waals surface area (Å²) in [5.41, 5.74) is 2.48. The molecule has 0 spiro atoms. The smallest absolute Gasteiger partial charge is 0.224 e. The van der Waals surface area contributed by atoms with E-state index in [1.165, 1.54) is 6.08 Å². The molecule has 1 aliphatic rings. The molecule has 16 heavy (non-hydrogen) atoms. The van der Waals surface area contributed by atoms with E-state index < -0.39 is 0 Å². The monoisotopic (exact) mass is 215 g/mol. The molecule has 0 saturated carbocycles. The Bertz CT molecular complexity index is 463. The average Bonchev–Trinajstić information content (AvgIpc) is 2.47. The highest BCUT2D eigenvalue weighted by Crippen LogP contribution is 2.23. The number of hydrogen-bond donors (Lipinski definition) is 1. The number of carbonyl (C=O) groups excluding carboxylic acids is 2. The lowest BCUT2D eigenvalue weighted by molar-refractivity contribution is -0.116. The molecule has 2 rings (SSSR count). The van der Waals surface area contributed by atoms with Crippen molar-refractivity contribution in [1.29, 1.82) is 0 Å². The molecule has 0 bridgehead atoms. The van der Waals surface area contributed by atoms with Gasteiger partial charge in [-0.3, -0.25) is 9.59 Å². The first-order valence-electron chi connectivity index (χ1n) is 5.30. The van der Waals surface area contributed by atoms with Gasteiger partial charge >= 0.3 is 0 Å². The molecule has 0 atom stereocenters. The SMILES string of the molecule is C=CC(=O)c1ccc2c(c1)CCCC(=O)N2. The van der Waals surface area contributed by atoms with Crippen molar-refractivity contribution in [3.05, 3.63) is 42.0 Å². The number of benzene rings is 1. The first-order valence-corrected chi connectivity index (χ1v) is 5.30. The van der Waals surface area contributed by atoms with Crippen molar-refractivity contribution < 1.29 is 9.59 Å². The van der Waals surface area contributed by atoms with Gasteiger partial charge in [0.1, 0.15) is 0 Å². The summed E-state index contributed by atoms with van der Waals surface area (Å²) in [4.78, 5) is 22.8. The van der Waals surface area contributed by atoms with Gasteiger partial charge in [-0.15, -0.1) is 0 Å². The summed E-state index contributed by atoms with van der Waals surface area (Å²) in [5.74, 6) is -0.0417. The third-order valence-electron chi connectivity index (χ3n) is 2.70. The summed E-state index contributed by atoms with van der Waals surface area (Å²) in [6.45, 7) is 3.46. The Morgan fingerprint density at radius 3 is 2.94 bits per heavy atom. The molecule has 0 radical (unpaired) electrons. The molecule has 82 valence electrons. The van der Waals surface area contributed by atoms with Crippen molar-refractivity contribution in [3.63, 3.8) is 0 Å².